The first-order valence-corrected chi connectivity index (χ1v) is 10.1. The zero-order valence-corrected chi connectivity index (χ0v) is 15.7. The van der Waals surface area contributed by atoms with Crippen molar-refractivity contribution in [2.45, 2.75) is 18.6 Å². The quantitative estimate of drug-likeness (QED) is 0.740. The number of benzene rings is 2. The molecule has 1 amide bonds. The van der Waals surface area contributed by atoms with Crippen molar-refractivity contribution in [1.29, 1.82) is 0 Å². The largest absolute Gasteiger partial charge is 0.309 e. The molecule has 7 heteroatoms. The second kappa shape index (κ2) is 7.74. The molecule has 25 heavy (non-hydrogen) atoms. The topological polar surface area (TPSA) is 37.4 Å². The molecule has 0 aromatic heterocycles. The van der Waals surface area contributed by atoms with E-state index in [0.29, 0.717) is 22.3 Å². The third-order valence-electron chi connectivity index (χ3n) is 4.09. The Labute approximate surface area is 155 Å². The summed E-state index contributed by atoms with van der Waals surface area (Å²) in [6, 6.07) is 8.89. The summed E-state index contributed by atoms with van der Waals surface area (Å²) >= 11 is 3.23. The van der Waals surface area contributed by atoms with Crippen LogP contribution in [0.1, 0.15) is 17.5 Å². The van der Waals surface area contributed by atoms with E-state index in [2.05, 4.69) is 15.9 Å². The zero-order chi connectivity index (χ0) is 18.0. The number of amides is 1. The minimum atomic E-state index is -1.47. The second-order valence-electron chi connectivity index (χ2n) is 5.86. The maximum absolute atomic E-state index is 14.1. The van der Waals surface area contributed by atoms with Gasteiger partial charge in [0.25, 0.3) is 0 Å². The summed E-state index contributed by atoms with van der Waals surface area (Å²) in [5.74, 6) is -1.25. The Bertz CT molecular complexity index is 844. The zero-order valence-electron chi connectivity index (χ0n) is 13.3. The molecule has 0 saturated carbocycles. The average molecular weight is 428 g/mol. The lowest BCUT2D eigenvalue weighted by atomic mass is 10.0. The molecule has 132 valence electrons. The summed E-state index contributed by atoms with van der Waals surface area (Å²) in [5, 5.41) is 0. The Balaban J connectivity index is 1.72. The lowest BCUT2D eigenvalue weighted by molar-refractivity contribution is -0.116. The second-order valence-corrected chi connectivity index (χ2v) is 8.17. The fraction of sp³-hybridized carbons (Fsp3) is 0.278. The van der Waals surface area contributed by atoms with Crippen LogP contribution in [0.25, 0.3) is 0 Å². The van der Waals surface area contributed by atoms with E-state index in [-0.39, 0.29) is 17.4 Å². The van der Waals surface area contributed by atoms with Gasteiger partial charge in [0.1, 0.15) is 17.4 Å². The number of anilines is 1. The van der Waals surface area contributed by atoms with Gasteiger partial charge in [0.15, 0.2) is 0 Å². The maximum Gasteiger partial charge on any atom is 0.239 e. The molecule has 0 aliphatic carbocycles. The molecule has 0 N–H and O–H groups in total. The smallest absolute Gasteiger partial charge is 0.239 e. The molecular weight excluding hydrogens is 412 g/mol. The minimum absolute atomic E-state index is 0.130. The first kappa shape index (κ1) is 18.2. The van der Waals surface area contributed by atoms with Crippen LogP contribution in [-0.4, -0.2) is 22.4 Å². The van der Waals surface area contributed by atoms with Gasteiger partial charge in [-0.1, -0.05) is 34.1 Å². The fourth-order valence-electron chi connectivity index (χ4n) is 2.93. The van der Waals surface area contributed by atoms with Crippen molar-refractivity contribution in [2.24, 2.45) is 0 Å². The molecule has 0 bridgehead atoms. The van der Waals surface area contributed by atoms with Crippen LogP contribution in [0.3, 0.4) is 0 Å². The van der Waals surface area contributed by atoms with Gasteiger partial charge in [-0.3, -0.25) is 9.00 Å². The summed E-state index contributed by atoms with van der Waals surface area (Å²) in [5.41, 5.74) is 1.77. The van der Waals surface area contributed by atoms with E-state index in [4.69, 9.17) is 0 Å². The third-order valence-corrected chi connectivity index (χ3v) is 6.03. The van der Waals surface area contributed by atoms with Crippen molar-refractivity contribution in [2.75, 3.05) is 17.2 Å². The van der Waals surface area contributed by atoms with Crippen LogP contribution in [0.5, 0.6) is 0 Å². The molecule has 0 fully saturated rings. The molecule has 0 saturated heterocycles. The first-order chi connectivity index (χ1) is 12.0. The molecule has 0 radical (unpaired) electrons. The molecule has 1 atom stereocenters. The number of para-hydroxylation sites is 1. The molecule has 2 aromatic rings. The number of hydrogen-bond acceptors (Lipinski definition) is 2. The number of nitrogens with zero attached hydrogens (tertiary/aromatic N) is 1. The lowest BCUT2D eigenvalue weighted by Crippen LogP contribution is -2.39. The first-order valence-electron chi connectivity index (χ1n) is 7.82. The van der Waals surface area contributed by atoms with Crippen molar-refractivity contribution < 1.29 is 17.8 Å². The van der Waals surface area contributed by atoms with Gasteiger partial charge < -0.3 is 4.90 Å². The number of rotatable bonds is 4. The molecule has 1 aliphatic heterocycles. The lowest BCUT2D eigenvalue weighted by Gasteiger charge is -2.29. The molecule has 3 rings (SSSR count). The highest BCUT2D eigenvalue weighted by molar-refractivity contribution is 9.10. The standard InChI is InChI=1S/C18H16BrF2NO2S/c19-15-9-14(20)7-6-13(15)10-25(24)11-17(23)22-8-2-4-12-3-1-5-16(21)18(12)22/h1,3,5-7,9H,2,4,8,10-11H2. The number of hydrogen-bond donors (Lipinski definition) is 0. The van der Waals surface area contributed by atoms with Crippen LogP contribution in [0.2, 0.25) is 0 Å². The third kappa shape index (κ3) is 4.15. The number of carbonyl (C=O) groups is 1. The highest BCUT2D eigenvalue weighted by atomic mass is 79.9. The highest BCUT2D eigenvalue weighted by Gasteiger charge is 2.26. The van der Waals surface area contributed by atoms with Gasteiger partial charge in [-0.15, -0.1) is 0 Å². The predicted octanol–water partition coefficient (Wildman–Crippen LogP) is 3.96. The van der Waals surface area contributed by atoms with Crippen LogP contribution in [0, 0.1) is 11.6 Å². The van der Waals surface area contributed by atoms with Crippen LogP contribution in [0.4, 0.5) is 14.5 Å². The van der Waals surface area contributed by atoms with E-state index >= 15 is 0 Å². The van der Waals surface area contributed by atoms with E-state index in [9.17, 15) is 17.8 Å². The summed E-state index contributed by atoms with van der Waals surface area (Å²) in [6.45, 7) is 0.421. The van der Waals surface area contributed by atoms with Gasteiger partial charge in [0.05, 0.1) is 11.4 Å². The van der Waals surface area contributed by atoms with E-state index < -0.39 is 22.4 Å². The predicted molar refractivity (Wildman–Crippen MR) is 97.9 cm³/mol. The summed E-state index contributed by atoms with van der Waals surface area (Å²) < 4.78 is 40.1. The monoisotopic (exact) mass is 427 g/mol. The summed E-state index contributed by atoms with van der Waals surface area (Å²) in [4.78, 5) is 13.9. The van der Waals surface area contributed by atoms with Crippen molar-refractivity contribution in [1.82, 2.24) is 0 Å². The Hall–Kier alpha value is -1.60. The van der Waals surface area contributed by atoms with Crippen LogP contribution in [-0.2, 0) is 27.8 Å². The van der Waals surface area contributed by atoms with E-state index in [1.165, 1.54) is 29.2 Å². The number of carbonyl (C=O) groups excluding carboxylic acids is 1. The molecule has 1 heterocycles. The Morgan fingerprint density at radius 1 is 1.24 bits per heavy atom. The van der Waals surface area contributed by atoms with E-state index in [1.807, 2.05) is 6.07 Å². The summed E-state index contributed by atoms with van der Waals surface area (Å²) in [6.07, 6.45) is 1.47. The van der Waals surface area contributed by atoms with Gasteiger partial charge in [-0.2, -0.15) is 0 Å². The van der Waals surface area contributed by atoms with Gasteiger partial charge in [-0.25, -0.2) is 8.78 Å². The number of halogens is 3. The number of aryl methyl sites for hydroxylation is 1. The molecule has 1 unspecified atom stereocenters. The van der Waals surface area contributed by atoms with Crippen LogP contribution < -0.4 is 4.90 Å². The molecule has 3 nitrogen and oxygen atoms in total. The van der Waals surface area contributed by atoms with E-state index in [1.54, 1.807) is 6.07 Å². The van der Waals surface area contributed by atoms with Crippen LogP contribution in [0.15, 0.2) is 40.9 Å². The number of fused-ring (bicyclic) bond motifs is 1. The average Bonchev–Trinajstić information content (AvgIpc) is 2.57. The molecule has 2 aromatic carbocycles. The van der Waals surface area contributed by atoms with E-state index in [0.717, 1.165) is 18.4 Å². The van der Waals surface area contributed by atoms with Crippen molar-refractivity contribution in [3.8, 4) is 0 Å². The SMILES string of the molecule is O=C(CS(=O)Cc1ccc(F)cc1Br)N1CCCc2cccc(F)c21. The normalized spacial score (nSPS) is 14.9. The fourth-order valence-corrected chi connectivity index (χ4v) is 4.74. The maximum atomic E-state index is 14.1. The molecular formula is C18H16BrF2NO2S. The summed E-state index contributed by atoms with van der Waals surface area (Å²) in [7, 11) is -1.47. The van der Waals surface area contributed by atoms with Gasteiger partial charge >= 0.3 is 0 Å². The van der Waals surface area contributed by atoms with Gasteiger partial charge in [-0.05, 0) is 42.2 Å². The highest BCUT2D eigenvalue weighted by Crippen LogP contribution is 2.30. The Morgan fingerprint density at radius 3 is 2.80 bits per heavy atom. The van der Waals surface area contributed by atoms with Crippen molar-refractivity contribution in [3.05, 3.63) is 63.6 Å². The van der Waals surface area contributed by atoms with Gasteiger partial charge in [0, 0.05) is 21.8 Å². The Morgan fingerprint density at radius 2 is 2.04 bits per heavy atom. The molecule has 0 spiro atoms. The molecule has 1 aliphatic rings. The van der Waals surface area contributed by atoms with Crippen molar-refractivity contribution >= 4 is 38.3 Å². The van der Waals surface area contributed by atoms with Crippen molar-refractivity contribution in [3.63, 3.8) is 0 Å². The Kier molecular flexibility index (Phi) is 5.64. The van der Waals surface area contributed by atoms with Crippen LogP contribution >= 0.6 is 15.9 Å². The minimum Gasteiger partial charge on any atom is -0.309 e. The van der Waals surface area contributed by atoms with Gasteiger partial charge in [0.2, 0.25) is 5.91 Å².